The van der Waals surface area contributed by atoms with E-state index in [4.69, 9.17) is 19.4 Å². The number of aromatic nitrogens is 2. The average molecular weight is 839 g/mol. The van der Waals surface area contributed by atoms with E-state index in [0.29, 0.717) is 40.4 Å². The molecule has 4 aromatic carbocycles. The van der Waals surface area contributed by atoms with Crippen molar-refractivity contribution in [1.29, 1.82) is 0 Å². The maximum absolute atomic E-state index is 12.3. The highest BCUT2D eigenvalue weighted by Gasteiger charge is 2.29. The molecule has 6 aromatic rings. The predicted octanol–water partition coefficient (Wildman–Crippen LogP) is 13.3. The molecule has 0 bridgehead atoms. The fourth-order valence-corrected chi connectivity index (χ4v) is 11.6. The van der Waals surface area contributed by atoms with E-state index < -0.39 is 0 Å². The van der Waals surface area contributed by atoms with Crippen LogP contribution in [-0.4, -0.2) is 32.4 Å². The molecule has 2 atom stereocenters. The average Bonchev–Trinajstić information content (AvgIpc) is 3.29. The molecule has 2 N–H and O–H groups in total. The molecule has 6 nitrogen and oxygen atoms in total. The number of aryl methyl sites for hydroxylation is 6. The highest BCUT2D eigenvalue weighted by Crippen LogP contribution is 2.49. The van der Waals surface area contributed by atoms with E-state index in [2.05, 4.69) is 52.0 Å². The molecule has 0 amide bonds. The molecule has 63 heavy (non-hydrogen) atoms. The van der Waals surface area contributed by atoms with Crippen LogP contribution in [0.5, 0.6) is 23.0 Å². The first-order valence-electron chi connectivity index (χ1n) is 24.0. The number of rotatable bonds is 10. The third kappa shape index (κ3) is 8.00. The molecule has 0 saturated carbocycles. The van der Waals surface area contributed by atoms with Gasteiger partial charge in [-0.3, -0.25) is 9.97 Å². The van der Waals surface area contributed by atoms with E-state index in [1.165, 1.54) is 107 Å². The molecule has 4 aliphatic rings. The number of benzene rings is 4. The second-order valence-corrected chi connectivity index (χ2v) is 19.1. The standard InChI is InChI=1S/C57H62N2O4/c1-34-27-46(52-42-19-9-5-15-38(42)32-39-16-6-10-20-43(39)52)56(60)48(29-34)54-50(23-13-25-58-54)62-36(3)31-37(4)63-51-24-14-26-59-55(51)49-30-35(2)28-47(57(49)61)53-44-21-11-7-17-40(44)33-41-18-8-12-22-45(41)53/h13-14,23-30,32-33,36-37,60-61H,5-12,15-22,31H2,1-4H3/t36-,37-/m0/s1. The van der Waals surface area contributed by atoms with Crippen LogP contribution in [0.4, 0.5) is 0 Å². The van der Waals surface area contributed by atoms with Crippen LogP contribution in [-0.2, 0) is 51.4 Å². The molecule has 2 aromatic heterocycles. The summed E-state index contributed by atoms with van der Waals surface area (Å²) in [6.07, 6.45) is 22.0. The smallest absolute Gasteiger partial charge is 0.146 e. The quantitative estimate of drug-likeness (QED) is 0.143. The van der Waals surface area contributed by atoms with E-state index in [0.717, 1.165) is 73.6 Å². The van der Waals surface area contributed by atoms with Gasteiger partial charge in [0.2, 0.25) is 0 Å². The van der Waals surface area contributed by atoms with Gasteiger partial charge in [0.25, 0.3) is 0 Å². The Labute approximate surface area is 373 Å². The summed E-state index contributed by atoms with van der Waals surface area (Å²) in [4.78, 5) is 9.70. The Morgan fingerprint density at radius 2 is 0.810 bits per heavy atom. The number of nitrogens with zero attached hydrogens (tertiary/aromatic N) is 2. The van der Waals surface area contributed by atoms with Crippen molar-refractivity contribution >= 4 is 0 Å². The van der Waals surface area contributed by atoms with Gasteiger partial charge in [-0.1, -0.05) is 12.1 Å². The zero-order chi connectivity index (χ0) is 43.2. The molecular weight excluding hydrogens is 777 g/mol. The van der Waals surface area contributed by atoms with Crippen LogP contribution in [0, 0.1) is 13.8 Å². The topological polar surface area (TPSA) is 84.7 Å². The third-order valence-corrected chi connectivity index (χ3v) is 14.4. The van der Waals surface area contributed by atoms with Crippen molar-refractivity contribution in [2.24, 2.45) is 0 Å². The summed E-state index contributed by atoms with van der Waals surface area (Å²) in [6, 6.07) is 21.1. The fourth-order valence-electron chi connectivity index (χ4n) is 11.6. The van der Waals surface area contributed by atoms with Gasteiger partial charge in [-0.15, -0.1) is 0 Å². The van der Waals surface area contributed by atoms with Gasteiger partial charge in [-0.25, -0.2) is 0 Å². The van der Waals surface area contributed by atoms with Gasteiger partial charge >= 0.3 is 0 Å². The maximum Gasteiger partial charge on any atom is 0.146 e. The molecule has 0 saturated heterocycles. The van der Waals surface area contributed by atoms with E-state index >= 15 is 0 Å². The lowest BCUT2D eigenvalue weighted by Gasteiger charge is -2.29. The zero-order valence-corrected chi connectivity index (χ0v) is 37.7. The number of ether oxygens (including phenoxy) is 2. The number of fused-ring (bicyclic) bond motifs is 4. The van der Waals surface area contributed by atoms with E-state index in [1.807, 2.05) is 36.4 Å². The lowest BCUT2D eigenvalue weighted by molar-refractivity contribution is 0.131. The van der Waals surface area contributed by atoms with Crippen molar-refractivity contribution in [2.45, 2.75) is 149 Å². The largest absolute Gasteiger partial charge is 0.507 e. The molecule has 0 aliphatic heterocycles. The highest BCUT2D eigenvalue weighted by atomic mass is 16.5. The monoisotopic (exact) mass is 838 g/mol. The maximum atomic E-state index is 12.3. The summed E-state index contributed by atoms with van der Waals surface area (Å²) in [6.45, 7) is 8.35. The normalized spacial score (nSPS) is 16.6. The number of phenols is 2. The van der Waals surface area contributed by atoms with Crippen molar-refractivity contribution in [3.05, 3.63) is 129 Å². The van der Waals surface area contributed by atoms with Gasteiger partial charge in [-0.2, -0.15) is 0 Å². The van der Waals surface area contributed by atoms with Crippen LogP contribution in [0.3, 0.4) is 0 Å². The van der Waals surface area contributed by atoms with Crippen molar-refractivity contribution < 1.29 is 19.7 Å². The summed E-state index contributed by atoms with van der Waals surface area (Å²) >= 11 is 0. The number of hydrogen-bond donors (Lipinski definition) is 2. The van der Waals surface area contributed by atoms with E-state index in [-0.39, 0.29) is 23.7 Å². The minimum Gasteiger partial charge on any atom is -0.507 e. The molecule has 324 valence electrons. The predicted molar refractivity (Wildman–Crippen MR) is 254 cm³/mol. The van der Waals surface area contributed by atoms with Crippen LogP contribution in [0.25, 0.3) is 44.8 Å². The van der Waals surface area contributed by atoms with Gasteiger partial charge in [0, 0.05) is 41.1 Å². The molecule has 4 aliphatic carbocycles. The second kappa shape index (κ2) is 17.5. The van der Waals surface area contributed by atoms with Crippen LogP contribution >= 0.6 is 0 Å². The lowest BCUT2D eigenvalue weighted by atomic mass is 9.76. The Morgan fingerprint density at radius 1 is 0.476 bits per heavy atom. The summed E-state index contributed by atoms with van der Waals surface area (Å²) in [7, 11) is 0. The molecule has 0 fully saturated rings. The number of phenolic OH excluding ortho intramolecular Hbond substituents is 2. The zero-order valence-electron chi connectivity index (χ0n) is 37.7. The number of pyridine rings is 2. The van der Waals surface area contributed by atoms with Crippen LogP contribution in [0.1, 0.15) is 127 Å². The SMILES string of the molecule is Cc1cc(-c2ncccc2O[C@@H](C)C[C@H](C)Oc2cccnc2-c2cc(C)cc(-c3c4c(cc5c3CCCC5)CCCC4)c2O)c(O)c(-c2c3c(cc4c2CCCC4)CCCC3)c1. The molecular formula is C57H62N2O4. The van der Waals surface area contributed by atoms with Crippen molar-refractivity contribution in [3.8, 4) is 67.8 Å². The Kier molecular flexibility index (Phi) is 11.5. The Morgan fingerprint density at radius 3 is 1.17 bits per heavy atom. The highest BCUT2D eigenvalue weighted by molar-refractivity contribution is 5.88. The summed E-state index contributed by atoms with van der Waals surface area (Å²) in [5, 5.41) is 24.6. The van der Waals surface area contributed by atoms with Crippen molar-refractivity contribution in [1.82, 2.24) is 9.97 Å². The van der Waals surface area contributed by atoms with Gasteiger partial charge in [0.05, 0.1) is 12.2 Å². The lowest BCUT2D eigenvalue weighted by Crippen LogP contribution is -2.23. The second-order valence-electron chi connectivity index (χ2n) is 19.1. The summed E-state index contributed by atoms with van der Waals surface area (Å²) in [5.74, 6) is 1.81. The first-order chi connectivity index (χ1) is 30.7. The van der Waals surface area contributed by atoms with Gasteiger partial charge in [-0.05, 0) is 246 Å². The summed E-state index contributed by atoms with van der Waals surface area (Å²) < 4.78 is 13.5. The Balaban J connectivity index is 0.923. The number of aromatic hydroxyl groups is 2. The molecule has 2 heterocycles. The fraction of sp³-hybridized carbons (Fsp3) is 0.404. The molecule has 10 rings (SSSR count). The minimum atomic E-state index is -0.239. The van der Waals surface area contributed by atoms with E-state index in [1.54, 1.807) is 12.4 Å². The summed E-state index contributed by atoms with van der Waals surface area (Å²) in [5.41, 5.74) is 20.8. The van der Waals surface area contributed by atoms with Crippen molar-refractivity contribution in [3.63, 3.8) is 0 Å². The van der Waals surface area contributed by atoms with Gasteiger partial charge in [0.1, 0.15) is 34.4 Å². The van der Waals surface area contributed by atoms with Crippen molar-refractivity contribution in [2.75, 3.05) is 0 Å². The minimum absolute atomic E-state index is 0.239. The first-order valence-corrected chi connectivity index (χ1v) is 24.0. The third-order valence-electron chi connectivity index (χ3n) is 14.4. The van der Waals surface area contributed by atoms with Crippen LogP contribution in [0.15, 0.2) is 73.1 Å². The van der Waals surface area contributed by atoms with Crippen LogP contribution < -0.4 is 9.47 Å². The Hall–Kier alpha value is -5.62. The van der Waals surface area contributed by atoms with Crippen LogP contribution in [0.2, 0.25) is 0 Å². The van der Waals surface area contributed by atoms with Gasteiger partial charge in [0.15, 0.2) is 0 Å². The molecule has 0 spiro atoms. The number of hydrogen-bond acceptors (Lipinski definition) is 6. The molecule has 0 radical (unpaired) electrons. The first kappa shape index (κ1) is 41.4. The van der Waals surface area contributed by atoms with E-state index in [9.17, 15) is 10.2 Å². The molecule has 6 heteroatoms. The Bertz CT molecular complexity index is 2460. The molecule has 0 unspecified atom stereocenters. The van der Waals surface area contributed by atoms with Gasteiger partial charge < -0.3 is 19.7 Å².